The quantitative estimate of drug-likeness (QED) is 0.374. The van der Waals surface area contributed by atoms with Gasteiger partial charge >= 0.3 is 11.9 Å². The van der Waals surface area contributed by atoms with Crippen molar-refractivity contribution in [2.75, 3.05) is 26.7 Å². The molecule has 1 amide bonds. The number of esters is 2. The third-order valence-corrected chi connectivity index (χ3v) is 7.30. The Balaban J connectivity index is 1.38. The zero-order valence-corrected chi connectivity index (χ0v) is 22.4. The highest BCUT2D eigenvalue weighted by molar-refractivity contribution is 5.88. The topological polar surface area (TPSA) is 84.9 Å². The number of likely N-dealkylation sites (tertiary alicyclic amines) is 1. The van der Waals surface area contributed by atoms with E-state index in [4.69, 9.17) is 9.47 Å². The highest BCUT2D eigenvalue weighted by atomic mass is 16.5. The van der Waals surface area contributed by atoms with Crippen molar-refractivity contribution in [3.05, 3.63) is 108 Å². The first kappa shape index (κ1) is 28.0. The number of amides is 1. The van der Waals surface area contributed by atoms with Crippen LogP contribution in [-0.4, -0.2) is 55.0 Å². The minimum Gasteiger partial charge on any atom is -0.467 e. The van der Waals surface area contributed by atoms with Crippen LogP contribution in [0.3, 0.4) is 0 Å². The first-order valence-corrected chi connectivity index (χ1v) is 13.4. The van der Waals surface area contributed by atoms with Crippen molar-refractivity contribution in [2.45, 2.75) is 43.7 Å². The number of nitrogens with one attached hydrogen (secondary N) is 1. The van der Waals surface area contributed by atoms with Crippen LogP contribution >= 0.6 is 0 Å². The molecule has 7 heteroatoms. The fourth-order valence-electron chi connectivity index (χ4n) is 5.01. The Morgan fingerprint density at radius 2 is 1.41 bits per heavy atom. The molecular weight excluding hydrogens is 492 g/mol. The monoisotopic (exact) mass is 528 g/mol. The number of hydrogen-bond acceptors (Lipinski definition) is 6. The highest BCUT2D eigenvalue weighted by Gasteiger charge is 2.44. The predicted molar refractivity (Wildman–Crippen MR) is 149 cm³/mol. The predicted octanol–water partition coefficient (Wildman–Crippen LogP) is 4.27. The maximum atomic E-state index is 13.2. The van der Waals surface area contributed by atoms with E-state index in [0.29, 0.717) is 38.9 Å². The second-order valence-corrected chi connectivity index (χ2v) is 9.96. The van der Waals surface area contributed by atoms with Crippen LogP contribution in [0.4, 0.5) is 0 Å². The molecule has 0 aliphatic carbocycles. The summed E-state index contributed by atoms with van der Waals surface area (Å²) >= 11 is 0. The lowest BCUT2D eigenvalue weighted by Gasteiger charge is -2.41. The number of aryl methyl sites for hydroxylation is 1. The number of carbonyl (C=O) groups excluding carboxylic acids is 3. The Hall–Kier alpha value is -3.97. The van der Waals surface area contributed by atoms with Crippen molar-refractivity contribution in [1.29, 1.82) is 0 Å². The third-order valence-electron chi connectivity index (χ3n) is 7.30. The zero-order chi connectivity index (χ0) is 27.5. The molecule has 1 aliphatic rings. The van der Waals surface area contributed by atoms with Gasteiger partial charge in [-0.15, -0.1) is 0 Å². The van der Waals surface area contributed by atoms with Crippen molar-refractivity contribution < 1.29 is 23.9 Å². The van der Waals surface area contributed by atoms with Gasteiger partial charge < -0.3 is 19.7 Å². The number of nitrogens with zero attached hydrogens (tertiary/aromatic N) is 1. The van der Waals surface area contributed by atoms with Gasteiger partial charge in [-0.2, -0.15) is 0 Å². The molecule has 1 heterocycles. The molecule has 3 aromatic carbocycles. The van der Waals surface area contributed by atoms with E-state index in [1.165, 1.54) is 7.11 Å². The van der Waals surface area contributed by atoms with Gasteiger partial charge in [-0.25, -0.2) is 4.79 Å². The Bertz CT molecular complexity index is 1210. The molecule has 0 spiro atoms. The molecule has 39 heavy (non-hydrogen) atoms. The summed E-state index contributed by atoms with van der Waals surface area (Å²) in [7, 11) is 1.35. The molecule has 3 aromatic rings. The lowest BCUT2D eigenvalue weighted by molar-refractivity contribution is -0.154. The number of benzene rings is 3. The fourth-order valence-corrected chi connectivity index (χ4v) is 5.01. The van der Waals surface area contributed by atoms with Gasteiger partial charge in [-0.05, 0) is 36.0 Å². The molecule has 4 rings (SSSR count). The molecule has 0 radical (unpaired) electrons. The van der Waals surface area contributed by atoms with Crippen molar-refractivity contribution in [1.82, 2.24) is 10.2 Å². The molecule has 0 saturated carbocycles. The second kappa shape index (κ2) is 13.7. The average Bonchev–Trinajstić information content (AvgIpc) is 2.99. The second-order valence-electron chi connectivity index (χ2n) is 9.96. The zero-order valence-electron chi connectivity index (χ0n) is 22.4. The van der Waals surface area contributed by atoms with Crippen molar-refractivity contribution >= 4 is 17.8 Å². The van der Waals surface area contributed by atoms with E-state index in [1.807, 2.05) is 91.0 Å². The van der Waals surface area contributed by atoms with E-state index in [1.54, 1.807) is 0 Å². The van der Waals surface area contributed by atoms with E-state index in [-0.39, 0.29) is 24.9 Å². The fraction of sp³-hybridized carbons (Fsp3) is 0.344. The van der Waals surface area contributed by atoms with Crippen LogP contribution in [-0.2, 0) is 36.9 Å². The van der Waals surface area contributed by atoms with Crippen LogP contribution in [0.25, 0.3) is 0 Å². The van der Waals surface area contributed by atoms with Crippen LogP contribution in [0.1, 0.15) is 41.9 Å². The summed E-state index contributed by atoms with van der Waals surface area (Å²) in [5, 5.41) is 2.99. The normalized spacial score (nSPS) is 15.6. The van der Waals surface area contributed by atoms with Gasteiger partial charge in [0, 0.05) is 26.1 Å². The lowest BCUT2D eigenvalue weighted by atomic mass is 9.86. The lowest BCUT2D eigenvalue weighted by Crippen LogP contribution is -2.60. The van der Waals surface area contributed by atoms with E-state index >= 15 is 0 Å². The minimum atomic E-state index is -1.07. The summed E-state index contributed by atoms with van der Waals surface area (Å²) in [5.74, 6) is -1.37. The maximum absolute atomic E-state index is 13.2. The van der Waals surface area contributed by atoms with Gasteiger partial charge in [0.25, 0.3) is 0 Å². The first-order chi connectivity index (χ1) is 19.0. The summed E-state index contributed by atoms with van der Waals surface area (Å²) in [6.45, 7) is 1.73. The van der Waals surface area contributed by atoms with E-state index in [0.717, 1.165) is 16.7 Å². The summed E-state index contributed by atoms with van der Waals surface area (Å²) in [5.41, 5.74) is 1.81. The molecule has 204 valence electrons. The highest BCUT2D eigenvalue weighted by Crippen LogP contribution is 2.27. The van der Waals surface area contributed by atoms with Gasteiger partial charge in [0.2, 0.25) is 5.91 Å². The molecule has 0 bridgehead atoms. The number of carbonyl (C=O) groups is 3. The average molecular weight is 529 g/mol. The molecule has 1 fully saturated rings. The van der Waals surface area contributed by atoms with Gasteiger partial charge in [0.05, 0.1) is 13.0 Å². The van der Waals surface area contributed by atoms with E-state index in [2.05, 4.69) is 10.2 Å². The molecular formula is C32H36N2O5. The first-order valence-electron chi connectivity index (χ1n) is 13.4. The van der Waals surface area contributed by atoms with Crippen molar-refractivity contribution in [3.8, 4) is 0 Å². The summed E-state index contributed by atoms with van der Waals surface area (Å²) in [6, 6.07) is 29.0. The summed E-state index contributed by atoms with van der Waals surface area (Å²) < 4.78 is 10.8. The van der Waals surface area contributed by atoms with E-state index in [9.17, 15) is 14.4 Å². The molecule has 1 unspecified atom stereocenters. The van der Waals surface area contributed by atoms with Gasteiger partial charge in [-0.3, -0.25) is 9.59 Å². The number of methoxy groups -OCH3 is 1. The molecule has 1 aliphatic heterocycles. The Morgan fingerprint density at radius 3 is 2.00 bits per heavy atom. The van der Waals surface area contributed by atoms with Crippen LogP contribution < -0.4 is 5.32 Å². The Morgan fingerprint density at radius 1 is 0.846 bits per heavy atom. The molecule has 7 nitrogen and oxygen atoms in total. The molecule has 0 aromatic heterocycles. The summed E-state index contributed by atoms with van der Waals surface area (Å²) in [6.07, 6.45) is 1.68. The molecule has 1 atom stereocenters. The van der Waals surface area contributed by atoms with Gasteiger partial charge in [0.15, 0.2) is 0 Å². The third kappa shape index (κ3) is 7.77. The van der Waals surface area contributed by atoms with Crippen LogP contribution in [0, 0.1) is 0 Å². The Kier molecular flexibility index (Phi) is 9.86. The SMILES string of the molecule is COC(=O)C1(NC(=O)CCc2ccccc2)CCN(CC(C(=O)OCc2ccccc2)c2ccccc2)CC1. The van der Waals surface area contributed by atoms with Crippen LogP contribution in [0.2, 0.25) is 0 Å². The standard InChI is InChI=1S/C32H36N2O5/c1-38-31(37)32(33-29(35)18-17-25-11-5-2-6-12-25)19-21-34(22-20-32)23-28(27-15-9-4-10-16-27)30(36)39-24-26-13-7-3-8-14-26/h2-16,28H,17-24H2,1H3,(H,33,35). The maximum Gasteiger partial charge on any atom is 0.331 e. The largest absolute Gasteiger partial charge is 0.467 e. The number of piperidine rings is 1. The summed E-state index contributed by atoms with van der Waals surface area (Å²) in [4.78, 5) is 41.1. The molecule has 1 saturated heterocycles. The van der Waals surface area contributed by atoms with Crippen molar-refractivity contribution in [3.63, 3.8) is 0 Å². The Labute approximate surface area is 230 Å². The number of hydrogen-bond donors (Lipinski definition) is 1. The number of rotatable bonds is 11. The van der Waals surface area contributed by atoms with Crippen LogP contribution in [0.5, 0.6) is 0 Å². The van der Waals surface area contributed by atoms with Gasteiger partial charge in [0.1, 0.15) is 12.1 Å². The minimum absolute atomic E-state index is 0.177. The smallest absolute Gasteiger partial charge is 0.331 e. The molecule has 1 N–H and O–H groups in total. The number of ether oxygens (including phenoxy) is 2. The van der Waals surface area contributed by atoms with Gasteiger partial charge in [-0.1, -0.05) is 91.0 Å². The van der Waals surface area contributed by atoms with E-state index < -0.39 is 17.4 Å². The van der Waals surface area contributed by atoms with Crippen molar-refractivity contribution in [2.24, 2.45) is 0 Å². The van der Waals surface area contributed by atoms with Crippen LogP contribution in [0.15, 0.2) is 91.0 Å².